The lowest BCUT2D eigenvalue weighted by Crippen LogP contribution is -2.21. The molecule has 9 heteroatoms. The molecule has 0 atom stereocenters. The fourth-order valence-electron chi connectivity index (χ4n) is 2.19. The number of anilines is 1. The molecule has 0 unspecified atom stereocenters. The summed E-state index contributed by atoms with van der Waals surface area (Å²) in [5.74, 6) is -1.63. The van der Waals surface area contributed by atoms with E-state index in [9.17, 15) is 19.6 Å². The second-order valence-corrected chi connectivity index (χ2v) is 7.59. The summed E-state index contributed by atoms with van der Waals surface area (Å²) in [5.41, 5.74) is 0.413. The molecule has 0 aromatic carbocycles. The van der Waals surface area contributed by atoms with Gasteiger partial charge in [0, 0.05) is 19.0 Å². The number of carbonyl (C=O) groups is 3. The van der Waals surface area contributed by atoms with Gasteiger partial charge in [-0.3, -0.25) is 9.59 Å². The van der Waals surface area contributed by atoms with Gasteiger partial charge in [0.05, 0.1) is 17.6 Å². The van der Waals surface area contributed by atoms with Gasteiger partial charge in [-0.25, -0.2) is 4.79 Å². The van der Waals surface area contributed by atoms with E-state index in [0.29, 0.717) is 10.4 Å². The molecule has 0 aliphatic rings. The number of nitriles is 1. The van der Waals surface area contributed by atoms with Crippen LogP contribution in [0.25, 0.3) is 6.08 Å². The number of methoxy groups -OCH3 is 1. The van der Waals surface area contributed by atoms with Gasteiger partial charge in [-0.1, -0.05) is 6.07 Å². The number of hydrogen-bond donors (Lipinski definition) is 1. The molecule has 0 bridgehead atoms. The summed E-state index contributed by atoms with van der Waals surface area (Å²) in [6.07, 6.45) is 1.46. The number of nitrogens with zero attached hydrogens (tertiary/aromatic N) is 2. The SMILES string of the molecule is COC(=O)c1c(NC(=O)/C(C#N)=C/c2cccs2)sc(C(=O)N(C)C)c1C. The maximum atomic E-state index is 12.5. The third-order valence-electron chi connectivity index (χ3n) is 3.56. The maximum absolute atomic E-state index is 12.5. The lowest BCUT2D eigenvalue weighted by atomic mass is 10.1. The summed E-state index contributed by atoms with van der Waals surface area (Å²) < 4.78 is 4.78. The molecule has 0 saturated heterocycles. The average Bonchev–Trinajstić information content (AvgIpc) is 3.26. The zero-order chi connectivity index (χ0) is 20.1. The minimum absolute atomic E-state index is 0.106. The molecule has 0 radical (unpaired) electrons. The van der Waals surface area contributed by atoms with Gasteiger partial charge in [0.2, 0.25) is 0 Å². The van der Waals surface area contributed by atoms with E-state index in [2.05, 4.69) is 5.32 Å². The van der Waals surface area contributed by atoms with Crippen LogP contribution in [-0.2, 0) is 9.53 Å². The quantitative estimate of drug-likeness (QED) is 0.470. The normalized spacial score (nSPS) is 10.9. The van der Waals surface area contributed by atoms with Crippen LogP contribution in [0.2, 0.25) is 0 Å². The average molecular weight is 403 g/mol. The van der Waals surface area contributed by atoms with E-state index in [0.717, 1.165) is 16.2 Å². The highest BCUT2D eigenvalue weighted by atomic mass is 32.1. The van der Waals surface area contributed by atoms with Gasteiger partial charge in [-0.05, 0) is 30.0 Å². The van der Waals surface area contributed by atoms with E-state index in [1.165, 1.54) is 29.4 Å². The molecule has 0 saturated carbocycles. The molecule has 0 aliphatic carbocycles. The van der Waals surface area contributed by atoms with Gasteiger partial charge in [-0.2, -0.15) is 5.26 Å². The lowest BCUT2D eigenvalue weighted by Gasteiger charge is -2.08. The molecule has 2 heterocycles. The van der Waals surface area contributed by atoms with Crippen molar-refractivity contribution in [2.45, 2.75) is 6.92 Å². The highest BCUT2D eigenvalue weighted by molar-refractivity contribution is 7.18. The van der Waals surface area contributed by atoms with E-state index in [-0.39, 0.29) is 22.0 Å². The number of amides is 2. The Hall–Kier alpha value is -2.96. The van der Waals surface area contributed by atoms with E-state index in [1.807, 2.05) is 11.4 Å². The van der Waals surface area contributed by atoms with E-state index < -0.39 is 11.9 Å². The molecular formula is C18H17N3O4S2. The van der Waals surface area contributed by atoms with Crippen molar-refractivity contribution >= 4 is 51.5 Å². The van der Waals surface area contributed by atoms with Crippen LogP contribution >= 0.6 is 22.7 Å². The van der Waals surface area contributed by atoms with E-state index in [1.54, 1.807) is 33.2 Å². The highest BCUT2D eigenvalue weighted by Gasteiger charge is 2.27. The Morgan fingerprint density at radius 3 is 2.56 bits per heavy atom. The molecule has 140 valence electrons. The van der Waals surface area contributed by atoms with Crippen molar-refractivity contribution < 1.29 is 19.1 Å². The van der Waals surface area contributed by atoms with Crippen LogP contribution in [-0.4, -0.2) is 43.9 Å². The second-order valence-electron chi connectivity index (χ2n) is 5.59. The molecule has 2 aromatic rings. The fourth-order valence-corrected chi connectivity index (χ4v) is 4.06. The van der Waals surface area contributed by atoms with Crippen molar-refractivity contribution in [3.63, 3.8) is 0 Å². The molecule has 27 heavy (non-hydrogen) atoms. The van der Waals surface area contributed by atoms with Gasteiger partial charge < -0.3 is 15.0 Å². The first-order valence-corrected chi connectivity index (χ1v) is 9.39. The van der Waals surface area contributed by atoms with Gasteiger partial charge in [-0.15, -0.1) is 22.7 Å². The van der Waals surface area contributed by atoms with Gasteiger partial charge in [0.15, 0.2) is 0 Å². The van der Waals surface area contributed by atoms with Gasteiger partial charge in [0.25, 0.3) is 11.8 Å². The first kappa shape index (κ1) is 20.4. The fraction of sp³-hybridized carbons (Fsp3) is 0.222. The second kappa shape index (κ2) is 8.62. The van der Waals surface area contributed by atoms with Crippen molar-refractivity contribution in [1.82, 2.24) is 4.90 Å². The van der Waals surface area contributed by atoms with Crippen LogP contribution in [0, 0.1) is 18.3 Å². The molecule has 0 spiro atoms. The monoisotopic (exact) mass is 403 g/mol. The van der Waals surface area contributed by atoms with Crippen molar-refractivity contribution in [1.29, 1.82) is 5.26 Å². The Labute approximate surface area is 164 Å². The summed E-state index contributed by atoms with van der Waals surface area (Å²) in [4.78, 5) is 39.5. The molecular weight excluding hydrogens is 386 g/mol. The van der Waals surface area contributed by atoms with Crippen LogP contribution in [0.15, 0.2) is 23.1 Å². The summed E-state index contributed by atoms with van der Waals surface area (Å²) in [6.45, 7) is 1.61. The van der Waals surface area contributed by atoms with Crippen LogP contribution in [0.1, 0.15) is 30.5 Å². The van der Waals surface area contributed by atoms with Gasteiger partial charge >= 0.3 is 5.97 Å². The third kappa shape index (κ3) is 4.42. The zero-order valence-corrected chi connectivity index (χ0v) is 16.8. The topological polar surface area (TPSA) is 99.5 Å². The minimum Gasteiger partial charge on any atom is -0.465 e. The zero-order valence-electron chi connectivity index (χ0n) is 15.2. The summed E-state index contributed by atoms with van der Waals surface area (Å²) >= 11 is 2.36. The molecule has 2 rings (SSSR count). The number of ether oxygens (including phenoxy) is 1. The Balaban J connectivity index is 2.43. The molecule has 2 amide bonds. The highest BCUT2D eigenvalue weighted by Crippen LogP contribution is 2.34. The lowest BCUT2D eigenvalue weighted by molar-refractivity contribution is -0.112. The standard InChI is InChI=1S/C18H17N3O4S2/c1-10-13(18(24)25-4)16(27-14(10)17(23)21(2)3)20-15(22)11(9-19)8-12-6-5-7-26-12/h5-8H,1-4H3,(H,20,22)/b11-8+. The largest absolute Gasteiger partial charge is 0.465 e. The molecule has 0 aliphatic heterocycles. The number of nitrogens with one attached hydrogen (secondary N) is 1. The number of thiophene rings is 2. The van der Waals surface area contributed by atoms with Crippen LogP contribution < -0.4 is 5.32 Å². The molecule has 0 fully saturated rings. The summed E-state index contributed by atoms with van der Waals surface area (Å²) in [6, 6.07) is 5.44. The number of rotatable bonds is 5. The Morgan fingerprint density at radius 2 is 2.04 bits per heavy atom. The third-order valence-corrected chi connectivity index (χ3v) is 5.57. The van der Waals surface area contributed by atoms with Crippen LogP contribution in [0.4, 0.5) is 5.00 Å². The van der Waals surface area contributed by atoms with Gasteiger partial charge in [0.1, 0.15) is 16.6 Å². The first-order valence-electron chi connectivity index (χ1n) is 7.70. The predicted molar refractivity (Wildman–Crippen MR) is 105 cm³/mol. The molecule has 2 aromatic heterocycles. The van der Waals surface area contributed by atoms with E-state index in [4.69, 9.17) is 4.74 Å². The Kier molecular flexibility index (Phi) is 6.50. The number of carbonyl (C=O) groups excluding carboxylic acids is 3. The number of esters is 1. The van der Waals surface area contributed by atoms with Crippen molar-refractivity contribution in [3.05, 3.63) is 44.0 Å². The van der Waals surface area contributed by atoms with Crippen molar-refractivity contribution in [2.75, 3.05) is 26.5 Å². The smallest absolute Gasteiger partial charge is 0.341 e. The Bertz CT molecular complexity index is 950. The Morgan fingerprint density at radius 1 is 1.33 bits per heavy atom. The first-order chi connectivity index (χ1) is 12.8. The molecule has 1 N–H and O–H groups in total. The van der Waals surface area contributed by atoms with Crippen LogP contribution in [0.5, 0.6) is 0 Å². The van der Waals surface area contributed by atoms with E-state index >= 15 is 0 Å². The predicted octanol–water partition coefficient (Wildman–Crippen LogP) is 3.15. The van der Waals surface area contributed by atoms with Crippen molar-refractivity contribution in [3.8, 4) is 6.07 Å². The van der Waals surface area contributed by atoms with Crippen LogP contribution in [0.3, 0.4) is 0 Å². The summed E-state index contributed by atoms with van der Waals surface area (Å²) in [5, 5.41) is 13.9. The minimum atomic E-state index is -0.669. The number of hydrogen-bond acceptors (Lipinski definition) is 7. The summed E-state index contributed by atoms with van der Waals surface area (Å²) in [7, 11) is 4.40. The molecule has 7 nitrogen and oxygen atoms in total. The van der Waals surface area contributed by atoms with Crippen molar-refractivity contribution in [2.24, 2.45) is 0 Å². The maximum Gasteiger partial charge on any atom is 0.341 e.